The van der Waals surface area contributed by atoms with Crippen molar-refractivity contribution in [2.45, 2.75) is 26.3 Å². The quantitative estimate of drug-likeness (QED) is 0.895. The van der Waals surface area contributed by atoms with Crippen molar-refractivity contribution in [3.05, 3.63) is 36.6 Å². The first kappa shape index (κ1) is 13.1. The highest BCUT2D eigenvalue weighted by atomic mass is 16.4. The third-order valence-electron chi connectivity index (χ3n) is 2.60. The van der Waals surface area contributed by atoms with Crippen LogP contribution in [0.3, 0.4) is 0 Å². The summed E-state index contributed by atoms with van der Waals surface area (Å²) in [6, 6.07) is 9.36. The lowest BCUT2D eigenvalue weighted by atomic mass is 10.1. The highest BCUT2D eigenvalue weighted by molar-refractivity contribution is 5.86. The molecule has 2 rings (SSSR count). The first-order chi connectivity index (χ1) is 8.89. The van der Waals surface area contributed by atoms with E-state index in [2.05, 4.69) is 4.98 Å². The molecule has 0 aliphatic heterocycles. The minimum absolute atomic E-state index is 0.291. The number of oxazole rings is 1. The monoisotopic (exact) mass is 260 g/mol. The molecule has 100 valence electrons. The van der Waals surface area contributed by atoms with Gasteiger partial charge in [0.05, 0.1) is 0 Å². The number of benzene rings is 1. The van der Waals surface area contributed by atoms with Gasteiger partial charge in [-0.1, -0.05) is 18.2 Å². The second kappa shape index (κ2) is 4.76. The number of aromatic nitrogens is 1. The minimum Gasteiger partial charge on any atom is -0.465 e. The Labute approximate surface area is 111 Å². The largest absolute Gasteiger partial charge is 0.465 e. The molecule has 0 unspecified atom stereocenters. The van der Waals surface area contributed by atoms with Crippen LogP contribution >= 0.6 is 0 Å². The molecule has 0 saturated heterocycles. The van der Waals surface area contributed by atoms with Gasteiger partial charge in [0.2, 0.25) is 5.89 Å². The van der Waals surface area contributed by atoms with E-state index in [9.17, 15) is 9.90 Å². The fourth-order valence-electron chi connectivity index (χ4n) is 1.81. The topological polar surface area (TPSA) is 66.6 Å². The van der Waals surface area contributed by atoms with Crippen molar-refractivity contribution in [3.8, 4) is 11.5 Å². The van der Waals surface area contributed by atoms with Crippen molar-refractivity contribution >= 4 is 11.9 Å². The predicted octanol–water partition coefficient (Wildman–Crippen LogP) is 3.62. The van der Waals surface area contributed by atoms with Gasteiger partial charge in [-0.25, -0.2) is 4.79 Å². The Kier molecular flexibility index (Phi) is 3.29. The Morgan fingerprint density at radius 2 is 1.89 bits per heavy atom. The van der Waals surface area contributed by atoms with E-state index < -0.39 is 11.6 Å². The molecule has 0 aliphatic carbocycles. The third-order valence-corrected chi connectivity index (χ3v) is 2.60. The molecule has 1 heterocycles. The van der Waals surface area contributed by atoms with E-state index in [0.29, 0.717) is 11.7 Å². The second-order valence-corrected chi connectivity index (χ2v) is 5.17. The average molecular weight is 260 g/mol. The van der Waals surface area contributed by atoms with Gasteiger partial charge in [-0.3, -0.25) is 4.90 Å². The number of amides is 1. The maximum absolute atomic E-state index is 11.3. The van der Waals surface area contributed by atoms with Crippen LogP contribution in [0.5, 0.6) is 0 Å². The molecular formula is C14H16N2O3. The van der Waals surface area contributed by atoms with Gasteiger partial charge >= 0.3 is 6.09 Å². The van der Waals surface area contributed by atoms with E-state index in [4.69, 9.17) is 4.42 Å². The van der Waals surface area contributed by atoms with Crippen molar-refractivity contribution in [3.63, 3.8) is 0 Å². The predicted molar refractivity (Wildman–Crippen MR) is 72.2 cm³/mol. The Morgan fingerprint density at radius 1 is 1.26 bits per heavy atom. The highest BCUT2D eigenvalue weighted by Crippen LogP contribution is 2.27. The molecule has 0 atom stereocenters. The molecule has 1 N–H and O–H groups in total. The number of anilines is 1. The van der Waals surface area contributed by atoms with Crippen molar-refractivity contribution < 1.29 is 14.3 Å². The number of rotatable bonds is 2. The summed E-state index contributed by atoms with van der Waals surface area (Å²) in [4.78, 5) is 16.8. The molecule has 2 aromatic rings. The van der Waals surface area contributed by atoms with Gasteiger partial charge in [0.25, 0.3) is 0 Å². The molecule has 1 aromatic heterocycles. The number of carbonyl (C=O) groups is 1. The van der Waals surface area contributed by atoms with Crippen molar-refractivity contribution in [2.75, 3.05) is 4.90 Å². The second-order valence-electron chi connectivity index (χ2n) is 5.17. The molecule has 1 amide bonds. The summed E-state index contributed by atoms with van der Waals surface area (Å²) in [6.07, 6.45) is 0.308. The van der Waals surface area contributed by atoms with Crippen molar-refractivity contribution in [1.82, 2.24) is 4.98 Å². The maximum atomic E-state index is 11.3. The summed E-state index contributed by atoms with van der Waals surface area (Å²) in [5.74, 6) is 0.699. The zero-order valence-electron chi connectivity index (χ0n) is 11.1. The van der Waals surface area contributed by atoms with Gasteiger partial charge in [0.1, 0.15) is 6.26 Å². The van der Waals surface area contributed by atoms with Gasteiger partial charge < -0.3 is 9.52 Å². The first-order valence-electron chi connectivity index (χ1n) is 5.93. The SMILES string of the molecule is CC(C)(C)N(C(=O)O)c1coc(-c2ccccc2)n1. The smallest absolute Gasteiger partial charge is 0.413 e. The molecule has 0 radical (unpaired) electrons. The molecular weight excluding hydrogens is 244 g/mol. The molecule has 5 nitrogen and oxygen atoms in total. The van der Waals surface area contributed by atoms with Crippen molar-refractivity contribution in [2.24, 2.45) is 0 Å². The van der Waals surface area contributed by atoms with Gasteiger partial charge in [0, 0.05) is 11.1 Å². The van der Waals surface area contributed by atoms with Gasteiger partial charge in [-0.2, -0.15) is 4.98 Å². The highest BCUT2D eigenvalue weighted by Gasteiger charge is 2.30. The van der Waals surface area contributed by atoms with E-state index in [-0.39, 0.29) is 0 Å². The van der Waals surface area contributed by atoms with Crippen LogP contribution in [0.1, 0.15) is 20.8 Å². The Hall–Kier alpha value is -2.30. The Morgan fingerprint density at radius 3 is 2.42 bits per heavy atom. The summed E-state index contributed by atoms with van der Waals surface area (Å²) >= 11 is 0. The Balaban J connectivity index is 2.38. The van der Waals surface area contributed by atoms with E-state index in [1.165, 1.54) is 11.2 Å². The van der Waals surface area contributed by atoms with Crippen LogP contribution in [0.4, 0.5) is 10.6 Å². The molecule has 1 aromatic carbocycles. The fourth-order valence-corrected chi connectivity index (χ4v) is 1.81. The van der Waals surface area contributed by atoms with E-state index in [1.54, 1.807) is 20.8 Å². The van der Waals surface area contributed by atoms with Crippen LogP contribution in [-0.4, -0.2) is 21.7 Å². The van der Waals surface area contributed by atoms with Gasteiger partial charge in [0.15, 0.2) is 5.82 Å². The Bertz CT molecular complexity index is 570. The standard InChI is InChI=1S/C14H16N2O3/c1-14(2,3)16(13(17)18)11-9-19-12(15-11)10-7-5-4-6-8-10/h4-9H,1-3H3,(H,17,18). The van der Waals surface area contributed by atoms with Gasteiger partial charge in [-0.15, -0.1) is 0 Å². The number of carboxylic acid groups (broad SMARTS) is 1. The number of hydrogen-bond acceptors (Lipinski definition) is 3. The van der Waals surface area contributed by atoms with Crippen LogP contribution < -0.4 is 4.90 Å². The third kappa shape index (κ3) is 2.76. The van der Waals surface area contributed by atoms with Crippen LogP contribution in [0.15, 0.2) is 41.0 Å². The molecule has 0 aliphatic rings. The van der Waals surface area contributed by atoms with E-state index in [0.717, 1.165) is 5.56 Å². The van der Waals surface area contributed by atoms with E-state index in [1.807, 2.05) is 30.3 Å². The van der Waals surface area contributed by atoms with Crippen LogP contribution in [0.2, 0.25) is 0 Å². The lowest BCUT2D eigenvalue weighted by Crippen LogP contribution is -2.45. The number of nitrogens with zero attached hydrogens (tertiary/aromatic N) is 2. The van der Waals surface area contributed by atoms with Crippen LogP contribution in [0, 0.1) is 0 Å². The summed E-state index contributed by atoms with van der Waals surface area (Å²) in [7, 11) is 0. The summed E-state index contributed by atoms with van der Waals surface area (Å²) in [6.45, 7) is 5.41. The molecule has 0 saturated carbocycles. The first-order valence-corrected chi connectivity index (χ1v) is 5.93. The van der Waals surface area contributed by atoms with E-state index >= 15 is 0 Å². The summed E-state index contributed by atoms with van der Waals surface area (Å²) < 4.78 is 5.36. The maximum Gasteiger partial charge on any atom is 0.413 e. The fraction of sp³-hybridized carbons (Fsp3) is 0.286. The average Bonchev–Trinajstić information content (AvgIpc) is 2.77. The molecule has 0 spiro atoms. The minimum atomic E-state index is -1.06. The lowest BCUT2D eigenvalue weighted by molar-refractivity contribution is 0.195. The normalized spacial score (nSPS) is 11.3. The summed E-state index contributed by atoms with van der Waals surface area (Å²) in [5, 5.41) is 9.29. The molecule has 19 heavy (non-hydrogen) atoms. The lowest BCUT2D eigenvalue weighted by Gasteiger charge is -2.30. The van der Waals surface area contributed by atoms with Crippen LogP contribution in [-0.2, 0) is 0 Å². The van der Waals surface area contributed by atoms with Gasteiger partial charge in [-0.05, 0) is 32.9 Å². The molecule has 0 bridgehead atoms. The van der Waals surface area contributed by atoms with Crippen LogP contribution in [0.25, 0.3) is 11.5 Å². The zero-order valence-corrected chi connectivity index (χ0v) is 11.1. The molecule has 5 heteroatoms. The molecule has 0 fully saturated rings. The number of hydrogen-bond donors (Lipinski definition) is 1. The summed E-state index contributed by atoms with van der Waals surface area (Å²) in [5.41, 5.74) is 0.226. The zero-order chi connectivity index (χ0) is 14.0. The van der Waals surface area contributed by atoms with Crippen molar-refractivity contribution in [1.29, 1.82) is 0 Å².